The zero-order valence-electron chi connectivity index (χ0n) is 9.93. The molecule has 78 valence electrons. The van der Waals surface area contributed by atoms with E-state index < -0.39 is 6.89 Å². The Balaban J connectivity index is 4.18. The SMILES string of the molecule is C=CC(C)C(C)(C)CCP(=C)(C)C. The van der Waals surface area contributed by atoms with Crippen LogP contribution in [0.25, 0.3) is 0 Å². The highest BCUT2D eigenvalue weighted by molar-refractivity contribution is 7.72. The molecule has 1 atom stereocenters. The summed E-state index contributed by atoms with van der Waals surface area (Å²) in [6, 6.07) is 0. The molecule has 0 spiro atoms. The second-order valence-electron chi connectivity index (χ2n) is 5.42. The third-order valence-electron chi connectivity index (χ3n) is 2.95. The quantitative estimate of drug-likeness (QED) is 0.466. The number of hydrogen-bond donors (Lipinski definition) is 0. The molecular formula is C12H25P. The van der Waals surface area contributed by atoms with Crippen molar-refractivity contribution in [2.75, 3.05) is 19.5 Å². The van der Waals surface area contributed by atoms with E-state index in [0.29, 0.717) is 11.3 Å². The van der Waals surface area contributed by atoms with Gasteiger partial charge in [-0.15, -0.1) is 19.8 Å². The van der Waals surface area contributed by atoms with Crippen LogP contribution in [0.3, 0.4) is 0 Å². The first-order chi connectivity index (χ1) is 5.69. The zero-order chi connectivity index (χ0) is 10.7. The van der Waals surface area contributed by atoms with Gasteiger partial charge in [-0.05, 0) is 37.2 Å². The lowest BCUT2D eigenvalue weighted by molar-refractivity contribution is 0.268. The Morgan fingerprint density at radius 3 is 2.15 bits per heavy atom. The summed E-state index contributed by atoms with van der Waals surface area (Å²) in [4.78, 5) is 0. The molecule has 0 radical (unpaired) electrons. The fourth-order valence-electron chi connectivity index (χ4n) is 1.14. The van der Waals surface area contributed by atoms with Gasteiger partial charge in [-0.3, -0.25) is 0 Å². The molecule has 0 amide bonds. The van der Waals surface area contributed by atoms with Crippen molar-refractivity contribution in [1.29, 1.82) is 0 Å². The van der Waals surface area contributed by atoms with Crippen molar-refractivity contribution in [2.24, 2.45) is 11.3 Å². The Morgan fingerprint density at radius 1 is 1.38 bits per heavy atom. The minimum atomic E-state index is -0.847. The summed E-state index contributed by atoms with van der Waals surface area (Å²) in [5.74, 6) is 0.596. The summed E-state index contributed by atoms with van der Waals surface area (Å²) in [6.45, 7) is 14.5. The molecule has 0 fully saturated rings. The van der Waals surface area contributed by atoms with E-state index in [1.807, 2.05) is 0 Å². The van der Waals surface area contributed by atoms with E-state index in [4.69, 9.17) is 0 Å². The Labute approximate surface area is 84.4 Å². The average molecular weight is 200 g/mol. The van der Waals surface area contributed by atoms with Crippen molar-refractivity contribution in [3.05, 3.63) is 12.7 Å². The van der Waals surface area contributed by atoms with E-state index in [2.05, 4.69) is 53.1 Å². The van der Waals surface area contributed by atoms with E-state index in [0.717, 1.165) is 0 Å². The van der Waals surface area contributed by atoms with Crippen molar-refractivity contribution < 1.29 is 0 Å². The molecule has 0 aliphatic rings. The summed E-state index contributed by atoms with van der Waals surface area (Å²) >= 11 is 0. The number of hydrogen-bond acceptors (Lipinski definition) is 0. The Kier molecular flexibility index (Phi) is 4.52. The van der Waals surface area contributed by atoms with Gasteiger partial charge in [0.15, 0.2) is 0 Å². The van der Waals surface area contributed by atoms with Crippen molar-refractivity contribution in [1.82, 2.24) is 0 Å². The lowest BCUT2D eigenvalue weighted by atomic mass is 9.78. The van der Waals surface area contributed by atoms with Crippen molar-refractivity contribution in [3.8, 4) is 0 Å². The smallest absolute Gasteiger partial charge is 0.0213 e. The predicted octanol–water partition coefficient (Wildman–Crippen LogP) is 3.93. The minimum Gasteiger partial charge on any atom is -0.118 e. The summed E-state index contributed by atoms with van der Waals surface area (Å²) in [6.07, 6.45) is 8.87. The highest BCUT2D eigenvalue weighted by atomic mass is 31.2. The Morgan fingerprint density at radius 2 is 1.85 bits per heavy atom. The van der Waals surface area contributed by atoms with Crippen LogP contribution in [0.1, 0.15) is 27.2 Å². The van der Waals surface area contributed by atoms with Crippen LogP contribution in [0.4, 0.5) is 0 Å². The molecule has 0 bridgehead atoms. The van der Waals surface area contributed by atoms with Gasteiger partial charge in [0.05, 0.1) is 0 Å². The summed E-state index contributed by atoms with van der Waals surface area (Å²) in [5, 5.41) is 0. The van der Waals surface area contributed by atoms with Crippen LogP contribution >= 0.6 is 6.89 Å². The van der Waals surface area contributed by atoms with Crippen LogP contribution in [0.5, 0.6) is 0 Å². The highest BCUT2D eigenvalue weighted by Crippen LogP contribution is 2.41. The lowest BCUT2D eigenvalue weighted by Gasteiger charge is -2.31. The average Bonchev–Trinajstić information content (AvgIpc) is 1.98. The van der Waals surface area contributed by atoms with E-state index in [1.54, 1.807) is 0 Å². The summed E-state index contributed by atoms with van der Waals surface area (Å²) in [5.41, 5.74) is 0.386. The minimum absolute atomic E-state index is 0.386. The molecule has 1 unspecified atom stereocenters. The van der Waals surface area contributed by atoms with Crippen LogP contribution in [-0.4, -0.2) is 25.8 Å². The topological polar surface area (TPSA) is 0 Å². The van der Waals surface area contributed by atoms with Gasteiger partial charge in [-0.25, -0.2) is 0 Å². The molecular weight excluding hydrogens is 175 g/mol. The molecule has 0 rings (SSSR count). The maximum atomic E-state index is 4.24. The van der Waals surface area contributed by atoms with Crippen molar-refractivity contribution in [2.45, 2.75) is 27.2 Å². The molecule has 0 nitrogen and oxygen atoms in total. The van der Waals surface area contributed by atoms with Crippen LogP contribution < -0.4 is 0 Å². The van der Waals surface area contributed by atoms with Crippen LogP contribution in [0, 0.1) is 11.3 Å². The predicted molar refractivity (Wildman–Crippen MR) is 68.5 cm³/mol. The monoisotopic (exact) mass is 200 g/mol. The van der Waals surface area contributed by atoms with Gasteiger partial charge in [-0.1, -0.05) is 26.8 Å². The van der Waals surface area contributed by atoms with Crippen LogP contribution in [0.15, 0.2) is 12.7 Å². The molecule has 1 heteroatoms. The Bertz CT molecular complexity index is 207. The fourth-order valence-corrected chi connectivity index (χ4v) is 2.32. The molecule has 0 aliphatic heterocycles. The molecule has 0 aromatic rings. The lowest BCUT2D eigenvalue weighted by Crippen LogP contribution is -2.21. The van der Waals surface area contributed by atoms with Gasteiger partial charge in [0.2, 0.25) is 0 Å². The zero-order valence-corrected chi connectivity index (χ0v) is 10.8. The maximum absolute atomic E-state index is 4.24. The third kappa shape index (κ3) is 5.37. The van der Waals surface area contributed by atoms with Crippen molar-refractivity contribution in [3.63, 3.8) is 0 Å². The second-order valence-corrected chi connectivity index (χ2v) is 9.74. The molecule has 13 heavy (non-hydrogen) atoms. The van der Waals surface area contributed by atoms with E-state index >= 15 is 0 Å². The van der Waals surface area contributed by atoms with Crippen LogP contribution in [-0.2, 0) is 0 Å². The summed E-state index contributed by atoms with van der Waals surface area (Å²) in [7, 11) is 0. The van der Waals surface area contributed by atoms with Crippen molar-refractivity contribution >= 4 is 13.2 Å². The first kappa shape index (κ1) is 13.0. The molecule has 0 aromatic carbocycles. The fraction of sp³-hybridized carbons (Fsp3) is 0.750. The number of allylic oxidation sites excluding steroid dienone is 1. The molecule has 0 aliphatic carbocycles. The molecule has 0 saturated heterocycles. The molecule has 0 N–H and O–H groups in total. The summed E-state index contributed by atoms with van der Waals surface area (Å²) < 4.78 is 0. The molecule has 0 saturated carbocycles. The maximum Gasteiger partial charge on any atom is -0.0213 e. The normalized spacial score (nSPS) is 15.5. The molecule has 0 aromatic heterocycles. The number of rotatable bonds is 5. The highest BCUT2D eigenvalue weighted by Gasteiger charge is 2.23. The van der Waals surface area contributed by atoms with Gasteiger partial charge in [0.25, 0.3) is 0 Å². The van der Waals surface area contributed by atoms with E-state index in [9.17, 15) is 0 Å². The van der Waals surface area contributed by atoms with Gasteiger partial charge in [-0.2, -0.15) is 0 Å². The third-order valence-corrected chi connectivity index (χ3v) is 4.38. The first-order valence-corrected chi connectivity index (χ1v) is 8.04. The van der Waals surface area contributed by atoms with E-state index in [1.165, 1.54) is 12.6 Å². The first-order valence-electron chi connectivity index (χ1n) is 4.99. The largest absolute Gasteiger partial charge is 0.118 e. The standard InChI is InChI=1S/C12H25P/c1-8-11(2)12(3,4)9-10-13(5,6)7/h8,11H,1,5,9-10H2,2-4,6-7H3. The van der Waals surface area contributed by atoms with E-state index in [-0.39, 0.29) is 0 Å². The van der Waals surface area contributed by atoms with Gasteiger partial charge >= 0.3 is 0 Å². The van der Waals surface area contributed by atoms with Gasteiger partial charge < -0.3 is 0 Å². The molecule has 0 heterocycles. The van der Waals surface area contributed by atoms with Crippen LogP contribution in [0.2, 0.25) is 0 Å². The van der Waals surface area contributed by atoms with Gasteiger partial charge in [0.1, 0.15) is 0 Å². The van der Waals surface area contributed by atoms with Gasteiger partial charge in [0, 0.05) is 0 Å². The Hall–Kier alpha value is 0.0400. The second kappa shape index (κ2) is 4.51.